The number of likely N-dealkylation sites (N-methyl/N-ethyl adjacent to an activating group) is 3. The van der Waals surface area contributed by atoms with E-state index in [1.165, 1.54) is 17.0 Å². The largest absolute Gasteiger partial charge is 0.348 e. The van der Waals surface area contributed by atoms with Crippen LogP contribution in [0, 0.1) is 5.82 Å². The number of carbonyl (C=O) groups is 2. The smallest absolute Gasteiger partial charge is 0.236 e. The van der Waals surface area contributed by atoms with Gasteiger partial charge in [0.15, 0.2) is 0 Å². The van der Waals surface area contributed by atoms with Crippen molar-refractivity contribution in [2.24, 2.45) is 0 Å². The van der Waals surface area contributed by atoms with Crippen LogP contribution in [0.1, 0.15) is 5.56 Å². The Morgan fingerprint density at radius 3 is 2.00 bits per heavy atom. The SMILES string of the molecule is CN(CC(=O)N(C)C)CC(=O)N(C)Cc1ccc(F)cc1. The summed E-state index contributed by atoms with van der Waals surface area (Å²) in [6.45, 7) is 0.773. The number of halogens is 1. The van der Waals surface area contributed by atoms with E-state index in [2.05, 4.69) is 0 Å². The predicted molar refractivity (Wildman–Crippen MR) is 79.1 cm³/mol. The molecule has 0 radical (unpaired) electrons. The van der Waals surface area contributed by atoms with E-state index < -0.39 is 0 Å². The van der Waals surface area contributed by atoms with E-state index in [9.17, 15) is 14.0 Å². The van der Waals surface area contributed by atoms with Gasteiger partial charge in [0.2, 0.25) is 11.8 Å². The lowest BCUT2D eigenvalue weighted by atomic mass is 10.2. The number of nitrogens with zero attached hydrogens (tertiary/aromatic N) is 3. The van der Waals surface area contributed by atoms with Crippen LogP contribution < -0.4 is 0 Å². The Balaban J connectivity index is 2.47. The quantitative estimate of drug-likeness (QED) is 0.780. The standard InChI is InChI=1S/C15H22FN3O2/c1-17(2)14(20)10-18(3)11-15(21)19(4)9-12-5-7-13(16)8-6-12/h5-8H,9-11H2,1-4H3. The second kappa shape index (κ2) is 7.73. The van der Waals surface area contributed by atoms with Crippen molar-refractivity contribution in [3.8, 4) is 0 Å². The van der Waals surface area contributed by atoms with Gasteiger partial charge in [-0.2, -0.15) is 0 Å². The summed E-state index contributed by atoms with van der Waals surface area (Å²) in [5.41, 5.74) is 0.860. The number of hydrogen-bond donors (Lipinski definition) is 0. The lowest BCUT2D eigenvalue weighted by Gasteiger charge is -2.22. The van der Waals surface area contributed by atoms with Crippen LogP contribution in [0.4, 0.5) is 4.39 Å². The van der Waals surface area contributed by atoms with Gasteiger partial charge in [0.05, 0.1) is 13.1 Å². The van der Waals surface area contributed by atoms with Crippen LogP contribution in [-0.4, -0.2) is 67.8 Å². The molecule has 116 valence electrons. The van der Waals surface area contributed by atoms with Gasteiger partial charge in [0.1, 0.15) is 5.82 Å². The van der Waals surface area contributed by atoms with Crippen LogP contribution in [0.2, 0.25) is 0 Å². The second-order valence-corrected chi connectivity index (χ2v) is 5.34. The van der Waals surface area contributed by atoms with Crippen molar-refractivity contribution >= 4 is 11.8 Å². The van der Waals surface area contributed by atoms with Gasteiger partial charge in [0.25, 0.3) is 0 Å². The lowest BCUT2D eigenvalue weighted by molar-refractivity contribution is -0.133. The van der Waals surface area contributed by atoms with E-state index >= 15 is 0 Å². The molecule has 0 aliphatic carbocycles. The first-order valence-corrected chi connectivity index (χ1v) is 6.66. The monoisotopic (exact) mass is 295 g/mol. The number of rotatable bonds is 6. The molecule has 0 saturated carbocycles. The van der Waals surface area contributed by atoms with Gasteiger partial charge < -0.3 is 9.80 Å². The third-order valence-electron chi connectivity index (χ3n) is 3.07. The molecule has 2 amide bonds. The van der Waals surface area contributed by atoms with Crippen LogP contribution in [-0.2, 0) is 16.1 Å². The molecule has 0 aliphatic rings. The lowest BCUT2D eigenvalue weighted by Crippen LogP contribution is -2.41. The van der Waals surface area contributed by atoms with Crippen LogP contribution in [0.3, 0.4) is 0 Å². The number of carbonyl (C=O) groups excluding carboxylic acids is 2. The number of hydrogen-bond acceptors (Lipinski definition) is 3. The van der Waals surface area contributed by atoms with E-state index in [0.717, 1.165) is 5.56 Å². The third kappa shape index (κ3) is 5.91. The first kappa shape index (κ1) is 17.1. The summed E-state index contributed by atoms with van der Waals surface area (Å²) in [4.78, 5) is 28.3. The van der Waals surface area contributed by atoms with E-state index in [-0.39, 0.29) is 30.7 Å². The number of benzene rings is 1. The van der Waals surface area contributed by atoms with E-state index in [4.69, 9.17) is 0 Å². The second-order valence-electron chi connectivity index (χ2n) is 5.34. The molecule has 0 atom stereocenters. The van der Waals surface area contributed by atoms with Gasteiger partial charge in [-0.15, -0.1) is 0 Å². The zero-order valence-electron chi connectivity index (χ0n) is 13.0. The zero-order chi connectivity index (χ0) is 16.0. The van der Waals surface area contributed by atoms with Gasteiger partial charge in [-0.1, -0.05) is 12.1 Å². The van der Waals surface area contributed by atoms with Crippen LogP contribution >= 0.6 is 0 Å². The molecule has 1 aromatic rings. The minimum atomic E-state index is -0.297. The molecule has 0 N–H and O–H groups in total. The molecule has 0 unspecified atom stereocenters. The molecule has 0 bridgehead atoms. The molecule has 0 aromatic heterocycles. The van der Waals surface area contributed by atoms with Crippen LogP contribution in [0.15, 0.2) is 24.3 Å². The predicted octanol–water partition coefficient (Wildman–Crippen LogP) is 0.804. The Bertz CT molecular complexity index is 488. The van der Waals surface area contributed by atoms with E-state index in [0.29, 0.717) is 6.54 Å². The van der Waals surface area contributed by atoms with Crippen LogP contribution in [0.5, 0.6) is 0 Å². The molecule has 6 heteroatoms. The fourth-order valence-electron chi connectivity index (χ4n) is 1.73. The van der Waals surface area contributed by atoms with Gasteiger partial charge in [0, 0.05) is 27.7 Å². The highest BCUT2D eigenvalue weighted by Crippen LogP contribution is 2.06. The molecular formula is C15H22FN3O2. The summed E-state index contributed by atoms with van der Waals surface area (Å²) >= 11 is 0. The van der Waals surface area contributed by atoms with E-state index in [1.807, 2.05) is 0 Å². The van der Waals surface area contributed by atoms with Crippen molar-refractivity contribution in [1.29, 1.82) is 0 Å². The summed E-state index contributed by atoms with van der Waals surface area (Å²) in [6, 6.07) is 6.04. The molecule has 0 saturated heterocycles. The maximum Gasteiger partial charge on any atom is 0.236 e. The summed E-state index contributed by atoms with van der Waals surface area (Å²) in [7, 11) is 6.77. The highest BCUT2D eigenvalue weighted by molar-refractivity contribution is 5.80. The van der Waals surface area contributed by atoms with Crippen molar-refractivity contribution in [3.05, 3.63) is 35.6 Å². The van der Waals surface area contributed by atoms with Crippen molar-refractivity contribution in [3.63, 3.8) is 0 Å². The molecule has 0 heterocycles. The minimum absolute atomic E-state index is 0.0495. The van der Waals surface area contributed by atoms with Crippen molar-refractivity contribution in [2.75, 3.05) is 41.3 Å². The average Bonchev–Trinajstić information content (AvgIpc) is 2.40. The Morgan fingerprint density at radius 1 is 0.952 bits per heavy atom. The molecule has 21 heavy (non-hydrogen) atoms. The molecule has 0 spiro atoms. The molecule has 0 fully saturated rings. The van der Waals surface area contributed by atoms with E-state index in [1.54, 1.807) is 50.1 Å². The highest BCUT2D eigenvalue weighted by atomic mass is 19.1. The summed E-state index contributed by atoms with van der Waals surface area (Å²) in [5.74, 6) is -0.436. The topological polar surface area (TPSA) is 43.9 Å². The van der Waals surface area contributed by atoms with Crippen molar-refractivity contribution in [1.82, 2.24) is 14.7 Å². The average molecular weight is 295 g/mol. The first-order valence-electron chi connectivity index (χ1n) is 6.66. The zero-order valence-corrected chi connectivity index (χ0v) is 13.0. The Kier molecular flexibility index (Phi) is 6.30. The molecule has 1 aromatic carbocycles. The maximum absolute atomic E-state index is 12.8. The van der Waals surface area contributed by atoms with Crippen LogP contribution in [0.25, 0.3) is 0 Å². The van der Waals surface area contributed by atoms with Crippen molar-refractivity contribution in [2.45, 2.75) is 6.54 Å². The highest BCUT2D eigenvalue weighted by Gasteiger charge is 2.15. The normalized spacial score (nSPS) is 10.6. The Hall–Kier alpha value is -1.95. The Morgan fingerprint density at radius 2 is 1.48 bits per heavy atom. The maximum atomic E-state index is 12.8. The van der Waals surface area contributed by atoms with Gasteiger partial charge in [-0.05, 0) is 24.7 Å². The number of amides is 2. The molecule has 5 nitrogen and oxygen atoms in total. The summed E-state index contributed by atoms with van der Waals surface area (Å²) in [6.07, 6.45) is 0. The first-order chi connectivity index (χ1) is 9.79. The molecular weight excluding hydrogens is 273 g/mol. The minimum Gasteiger partial charge on any atom is -0.348 e. The van der Waals surface area contributed by atoms with Crippen molar-refractivity contribution < 1.29 is 14.0 Å². The summed E-state index contributed by atoms with van der Waals surface area (Å²) < 4.78 is 12.8. The van der Waals surface area contributed by atoms with Gasteiger partial charge in [-0.3, -0.25) is 14.5 Å². The van der Waals surface area contributed by atoms with Gasteiger partial charge in [-0.25, -0.2) is 4.39 Å². The third-order valence-corrected chi connectivity index (χ3v) is 3.07. The molecule has 0 aliphatic heterocycles. The fourth-order valence-corrected chi connectivity index (χ4v) is 1.73. The van der Waals surface area contributed by atoms with Gasteiger partial charge >= 0.3 is 0 Å². The fraction of sp³-hybridized carbons (Fsp3) is 0.467. The molecule has 1 rings (SSSR count). The summed E-state index contributed by atoms with van der Waals surface area (Å²) in [5, 5.41) is 0. The Labute approximate surface area is 124 Å².